The van der Waals surface area contributed by atoms with Gasteiger partial charge in [-0.3, -0.25) is 0 Å². The smallest absolute Gasteiger partial charge is 0.150 e. The molecule has 158 valence electrons. The molecule has 3 rings (SSSR count). The van der Waals surface area contributed by atoms with Crippen molar-refractivity contribution in [1.29, 1.82) is 0 Å². The van der Waals surface area contributed by atoms with Crippen LogP contribution in [0.15, 0.2) is 60.7 Å². The molecule has 0 unspecified atom stereocenters. The van der Waals surface area contributed by atoms with Crippen molar-refractivity contribution in [3.05, 3.63) is 71.8 Å². The van der Waals surface area contributed by atoms with E-state index in [2.05, 4.69) is 74.2 Å². The molecule has 0 saturated heterocycles. The Morgan fingerprint density at radius 3 is 1.60 bits per heavy atom. The molecular formula is C26H31NO3. The first-order valence-electron chi connectivity index (χ1n) is 10.4. The van der Waals surface area contributed by atoms with Gasteiger partial charge in [0.25, 0.3) is 0 Å². The van der Waals surface area contributed by atoms with E-state index >= 15 is 0 Å². The Morgan fingerprint density at radius 2 is 1.20 bits per heavy atom. The SMILES string of the molecule is CCCCOc1cc(OC)c(N(c2ccc(C)cc2)c2ccc(C)cc2)c(OC)c1. The summed E-state index contributed by atoms with van der Waals surface area (Å²) in [7, 11) is 3.35. The molecule has 0 radical (unpaired) electrons. The summed E-state index contributed by atoms with van der Waals surface area (Å²) in [5.74, 6) is 2.14. The number of hydrogen-bond acceptors (Lipinski definition) is 4. The summed E-state index contributed by atoms with van der Waals surface area (Å²) in [6.07, 6.45) is 2.09. The second-order valence-corrected chi connectivity index (χ2v) is 7.38. The number of ether oxygens (including phenoxy) is 3. The molecule has 0 atom stereocenters. The van der Waals surface area contributed by atoms with Crippen molar-refractivity contribution in [1.82, 2.24) is 0 Å². The van der Waals surface area contributed by atoms with Crippen LogP contribution in [0.2, 0.25) is 0 Å². The number of rotatable bonds is 9. The first kappa shape index (κ1) is 21.6. The molecule has 0 saturated carbocycles. The monoisotopic (exact) mass is 405 g/mol. The van der Waals surface area contributed by atoms with Crippen LogP contribution >= 0.6 is 0 Å². The first-order chi connectivity index (χ1) is 14.6. The van der Waals surface area contributed by atoms with Gasteiger partial charge < -0.3 is 19.1 Å². The van der Waals surface area contributed by atoms with Gasteiger partial charge in [-0.1, -0.05) is 48.7 Å². The van der Waals surface area contributed by atoms with E-state index in [0.29, 0.717) is 18.1 Å². The van der Waals surface area contributed by atoms with E-state index < -0.39 is 0 Å². The number of aryl methyl sites for hydroxylation is 2. The van der Waals surface area contributed by atoms with Crippen molar-refractivity contribution < 1.29 is 14.2 Å². The fourth-order valence-electron chi connectivity index (χ4n) is 3.30. The summed E-state index contributed by atoms with van der Waals surface area (Å²) in [6.45, 7) is 6.99. The quantitative estimate of drug-likeness (QED) is 0.360. The lowest BCUT2D eigenvalue weighted by Gasteiger charge is -2.29. The van der Waals surface area contributed by atoms with Crippen molar-refractivity contribution >= 4 is 17.1 Å². The van der Waals surface area contributed by atoms with Crippen LogP contribution < -0.4 is 19.1 Å². The zero-order valence-electron chi connectivity index (χ0n) is 18.6. The van der Waals surface area contributed by atoms with Gasteiger partial charge in [-0.05, 0) is 44.5 Å². The third kappa shape index (κ3) is 4.88. The number of anilines is 3. The van der Waals surface area contributed by atoms with E-state index in [9.17, 15) is 0 Å². The fourth-order valence-corrected chi connectivity index (χ4v) is 3.30. The Hall–Kier alpha value is -3.14. The van der Waals surface area contributed by atoms with E-state index in [0.717, 1.165) is 35.7 Å². The molecule has 0 bridgehead atoms. The average molecular weight is 406 g/mol. The molecule has 0 N–H and O–H groups in total. The minimum Gasteiger partial charge on any atom is -0.494 e. The highest BCUT2D eigenvalue weighted by Gasteiger charge is 2.23. The van der Waals surface area contributed by atoms with E-state index in [-0.39, 0.29) is 0 Å². The predicted octanol–water partition coefficient (Wildman–Crippen LogP) is 6.97. The fraction of sp³-hybridized carbons (Fsp3) is 0.308. The molecule has 30 heavy (non-hydrogen) atoms. The molecule has 0 fully saturated rings. The lowest BCUT2D eigenvalue weighted by molar-refractivity contribution is 0.304. The van der Waals surface area contributed by atoms with Crippen molar-refractivity contribution in [2.45, 2.75) is 33.6 Å². The molecule has 3 aromatic rings. The zero-order chi connectivity index (χ0) is 21.5. The van der Waals surface area contributed by atoms with Gasteiger partial charge in [0, 0.05) is 23.5 Å². The minimum atomic E-state index is 0.668. The molecule has 3 aromatic carbocycles. The molecule has 0 aromatic heterocycles. The minimum absolute atomic E-state index is 0.668. The largest absolute Gasteiger partial charge is 0.494 e. The molecule has 0 amide bonds. The lowest BCUT2D eigenvalue weighted by atomic mass is 10.1. The van der Waals surface area contributed by atoms with E-state index in [1.165, 1.54) is 11.1 Å². The number of nitrogens with zero attached hydrogens (tertiary/aromatic N) is 1. The summed E-state index contributed by atoms with van der Waals surface area (Å²) < 4.78 is 17.5. The standard InChI is InChI=1S/C26H31NO3/c1-6-7-16-30-23-17-24(28-4)26(25(18-23)29-5)27(21-12-8-19(2)9-13-21)22-14-10-20(3)11-15-22/h8-15,17-18H,6-7,16H2,1-5H3. The summed E-state index contributed by atoms with van der Waals surface area (Å²) >= 11 is 0. The highest BCUT2D eigenvalue weighted by molar-refractivity contribution is 5.85. The van der Waals surface area contributed by atoms with Crippen LogP contribution in [0.3, 0.4) is 0 Å². The second-order valence-electron chi connectivity index (χ2n) is 7.38. The maximum absolute atomic E-state index is 5.93. The number of benzene rings is 3. The van der Waals surface area contributed by atoms with Gasteiger partial charge in [0.1, 0.15) is 22.9 Å². The number of methoxy groups -OCH3 is 2. The third-order valence-electron chi connectivity index (χ3n) is 5.03. The highest BCUT2D eigenvalue weighted by Crippen LogP contribution is 2.48. The topological polar surface area (TPSA) is 30.9 Å². The van der Waals surface area contributed by atoms with Crippen LogP contribution in [0, 0.1) is 13.8 Å². The Bertz CT molecular complexity index is 879. The van der Waals surface area contributed by atoms with Gasteiger partial charge in [0.2, 0.25) is 0 Å². The summed E-state index contributed by atoms with van der Waals surface area (Å²) in [4.78, 5) is 2.16. The summed E-state index contributed by atoms with van der Waals surface area (Å²) in [5, 5.41) is 0. The van der Waals surface area contributed by atoms with Gasteiger partial charge in [0.05, 0.1) is 20.8 Å². The third-order valence-corrected chi connectivity index (χ3v) is 5.03. The van der Waals surface area contributed by atoms with Gasteiger partial charge in [0.15, 0.2) is 0 Å². The van der Waals surface area contributed by atoms with Crippen LogP contribution in [0.4, 0.5) is 17.1 Å². The zero-order valence-corrected chi connectivity index (χ0v) is 18.6. The van der Waals surface area contributed by atoms with Crippen LogP contribution in [0.5, 0.6) is 17.2 Å². The number of hydrogen-bond donors (Lipinski definition) is 0. The van der Waals surface area contributed by atoms with Crippen molar-refractivity contribution in [2.75, 3.05) is 25.7 Å². The average Bonchev–Trinajstić information content (AvgIpc) is 2.77. The summed E-state index contributed by atoms with van der Waals surface area (Å²) in [6, 6.07) is 20.7. The predicted molar refractivity (Wildman–Crippen MR) is 124 cm³/mol. The highest BCUT2D eigenvalue weighted by atomic mass is 16.5. The molecular weight excluding hydrogens is 374 g/mol. The van der Waals surface area contributed by atoms with E-state index in [1.54, 1.807) is 14.2 Å². The molecule has 0 aliphatic carbocycles. The Kier molecular flexibility index (Phi) is 7.23. The van der Waals surface area contributed by atoms with Crippen LogP contribution in [-0.4, -0.2) is 20.8 Å². The molecule has 0 heterocycles. The van der Waals surface area contributed by atoms with Crippen LogP contribution in [0.1, 0.15) is 30.9 Å². The first-order valence-corrected chi connectivity index (χ1v) is 10.4. The maximum Gasteiger partial charge on any atom is 0.150 e. The molecule has 4 nitrogen and oxygen atoms in total. The Labute approximate surface area is 180 Å². The van der Waals surface area contributed by atoms with Gasteiger partial charge >= 0.3 is 0 Å². The normalized spacial score (nSPS) is 10.6. The van der Waals surface area contributed by atoms with Crippen molar-refractivity contribution in [3.8, 4) is 17.2 Å². The van der Waals surface area contributed by atoms with Gasteiger partial charge in [-0.2, -0.15) is 0 Å². The maximum atomic E-state index is 5.93. The van der Waals surface area contributed by atoms with E-state index in [1.807, 2.05) is 12.1 Å². The van der Waals surface area contributed by atoms with Gasteiger partial charge in [-0.25, -0.2) is 0 Å². The van der Waals surface area contributed by atoms with E-state index in [4.69, 9.17) is 14.2 Å². The molecule has 0 aliphatic rings. The van der Waals surface area contributed by atoms with Gasteiger partial charge in [-0.15, -0.1) is 0 Å². The Morgan fingerprint density at radius 1 is 0.733 bits per heavy atom. The van der Waals surface area contributed by atoms with Crippen LogP contribution in [-0.2, 0) is 0 Å². The van der Waals surface area contributed by atoms with Crippen LogP contribution in [0.25, 0.3) is 0 Å². The summed E-state index contributed by atoms with van der Waals surface area (Å²) in [5.41, 5.74) is 5.32. The van der Waals surface area contributed by atoms with Crippen molar-refractivity contribution in [3.63, 3.8) is 0 Å². The van der Waals surface area contributed by atoms with Crippen molar-refractivity contribution in [2.24, 2.45) is 0 Å². The second kappa shape index (κ2) is 10.1. The Balaban J connectivity index is 2.16. The lowest BCUT2D eigenvalue weighted by Crippen LogP contribution is -2.13. The molecule has 4 heteroatoms. The molecule has 0 aliphatic heterocycles. The number of unbranched alkanes of at least 4 members (excludes halogenated alkanes) is 1. The molecule has 0 spiro atoms.